The standard InChI is InChI=1S/C25H30N2O2/c1-4-19(3)29-22-12-13-23(20(16-22)17-26)27-24(28)25(14-6-5-7-15-25)21-10-8-18(2)9-11-21/h8-13,16,19H,4-7,14-15H2,1-3H3,(H,27,28)/t19-/m0/s1. The summed E-state index contributed by atoms with van der Waals surface area (Å²) < 4.78 is 5.82. The smallest absolute Gasteiger partial charge is 0.235 e. The number of nitrogens with zero attached hydrogens (tertiary/aromatic N) is 1. The van der Waals surface area contributed by atoms with Crippen LogP contribution >= 0.6 is 0 Å². The molecular weight excluding hydrogens is 360 g/mol. The maximum absolute atomic E-state index is 13.5. The molecule has 0 heterocycles. The van der Waals surface area contributed by atoms with Crippen LogP contribution in [0.4, 0.5) is 5.69 Å². The van der Waals surface area contributed by atoms with Gasteiger partial charge in [0.1, 0.15) is 11.8 Å². The fourth-order valence-corrected chi connectivity index (χ4v) is 4.03. The van der Waals surface area contributed by atoms with Crippen molar-refractivity contribution in [3.63, 3.8) is 0 Å². The Balaban J connectivity index is 1.88. The third kappa shape index (κ3) is 4.62. The molecule has 1 fully saturated rings. The van der Waals surface area contributed by atoms with Gasteiger partial charge in [0.05, 0.1) is 22.8 Å². The van der Waals surface area contributed by atoms with Gasteiger partial charge in [0.2, 0.25) is 5.91 Å². The lowest BCUT2D eigenvalue weighted by Gasteiger charge is -2.36. The van der Waals surface area contributed by atoms with Gasteiger partial charge in [-0.15, -0.1) is 0 Å². The summed E-state index contributed by atoms with van der Waals surface area (Å²) in [4.78, 5) is 13.5. The molecule has 2 aromatic carbocycles. The van der Waals surface area contributed by atoms with Gasteiger partial charge in [-0.25, -0.2) is 0 Å². The van der Waals surface area contributed by atoms with E-state index in [9.17, 15) is 10.1 Å². The summed E-state index contributed by atoms with van der Waals surface area (Å²) >= 11 is 0. The maximum Gasteiger partial charge on any atom is 0.235 e. The van der Waals surface area contributed by atoms with Crippen LogP contribution in [0.5, 0.6) is 5.75 Å². The van der Waals surface area contributed by atoms with Crippen LogP contribution in [0, 0.1) is 18.3 Å². The molecule has 0 aromatic heterocycles. The van der Waals surface area contributed by atoms with Crippen molar-refractivity contribution in [3.05, 3.63) is 59.2 Å². The van der Waals surface area contributed by atoms with Crippen molar-refractivity contribution in [2.24, 2.45) is 0 Å². The predicted octanol–water partition coefficient (Wildman–Crippen LogP) is 5.88. The fraction of sp³-hybridized carbons (Fsp3) is 0.440. The molecule has 0 saturated heterocycles. The lowest BCUT2D eigenvalue weighted by molar-refractivity contribution is -0.122. The van der Waals surface area contributed by atoms with Crippen LogP contribution in [0.2, 0.25) is 0 Å². The summed E-state index contributed by atoms with van der Waals surface area (Å²) in [6.07, 6.45) is 5.86. The molecule has 0 radical (unpaired) electrons. The number of amides is 1. The van der Waals surface area contributed by atoms with Gasteiger partial charge in [-0.1, -0.05) is 56.0 Å². The van der Waals surface area contributed by atoms with E-state index in [1.54, 1.807) is 12.1 Å². The van der Waals surface area contributed by atoms with E-state index in [2.05, 4.69) is 49.5 Å². The van der Waals surface area contributed by atoms with Gasteiger partial charge >= 0.3 is 0 Å². The van der Waals surface area contributed by atoms with E-state index in [1.165, 1.54) is 5.56 Å². The third-order valence-electron chi connectivity index (χ3n) is 6.02. The van der Waals surface area contributed by atoms with E-state index in [-0.39, 0.29) is 12.0 Å². The van der Waals surface area contributed by atoms with Crippen LogP contribution in [0.1, 0.15) is 69.1 Å². The zero-order chi connectivity index (χ0) is 20.9. The minimum atomic E-state index is -0.537. The SMILES string of the molecule is CC[C@H](C)Oc1ccc(NC(=O)C2(c3ccc(C)cc3)CCCCC2)c(C#N)c1. The Labute approximate surface area is 173 Å². The third-order valence-corrected chi connectivity index (χ3v) is 6.02. The quantitative estimate of drug-likeness (QED) is 0.669. The Morgan fingerprint density at radius 3 is 2.48 bits per heavy atom. The Bertz CT molecular complexity index is 890. The monoisotopic (exact) mass is 390 g/mol. The molecule has 2 aromatic rings. The number of hydrogen-bond donors (Lipinski definition) is 1. The van der Waals surface area contributed by atoms with Crippen molar-refractivity contribution in [1.82, 2.24) is 0 Å². The molecule has 1 aliphatic rings. The summed E-state index contributed by atoms with van der Waals surface area (Å²) in [6, 6.07) is 15.8. The highest BCUT2D eigenvalue weighted by Gasteiger charge is 2.41. The molecule has 1 atom stereocenters. The van der Waals surface area contributed by atoms with Crippen LogP contribution in [0.3, 0.4) is 0 Å². The van der Waals surface area contributed by atoms with E-state index in [4.69, 9.17) is 4.74 Å². The Kier molecular flexibility index (Phi) is 6.59. The number of anilines is 1. The first kappa shape index (κ1) is 20.9. The molecule has 0 aliphatic heterocycles. The van der Waals surface area contributed by atoms with Crippen LogP contribution in [0.25, 0.3) is 0 Å². The zero-order valence-electron chi connectivity index (χ0n) is 17.6. The van der Waals surface area contributed by atoms with Crippen LogP contribution < -0.4 is 10.1 Å². The highest BCUT2D eigenvalue weighted by atomic mass is 16.5. The van der Waals surface area contributed by atoms with Crippen molar-refractivity contribution < 1.29 is 9.53 Å². The molecule has 4 nitrogen and oxygen atoms in total. The molecule has 1 N–H and O–H groups in total. The Hall–Kier alpha value is -2.80. The average molecular weight is 391 g/mol. The van der Waals surface area contributed by atoms with Crippen molar-refractivity contribution in [2.75, 3.05) is 5.32 Å². The van der Waals surface area contributed by atoms with E-state index < -0.39 is 5.41 Å². The fourth-order valence-electron chi connectivity index (χ4n) is 4.03. The summed E-state index contributed by atoms with van der Waals surface area (Å²) in [6.45, 7) is 6.11. The van der Waals surface area contributed by atoms with Gasteiger partial charge in [-0.05, 0) is 50.8 Å². The molecule has 0 bridgehead atoms. The summed E-state index contributed by atoms with van der Waals surface area (Å²) in [5.41, 5.74) is 2.68. The van der Waals surface area contributed by atoms with Gasteiger partial charge in [0, 0.05) is 6.07 Å². The molecule has 3 rings (SSSR count). The van der Waals surface area contributed by atoms with E-state index >= 15 is 0 Å². The number of rotatable bonds is 6. The topological polar surface area (TPSA) is 62.1 Å². The molecule has 1 amide bonds. The van der Waals surface area contributed by atoms with E-state index in [1.807, 2.05) is 13.0 Å². The number of carbonyl (C=O) groups excluding carboxylic acids is 1. The number of nitriles is 1. The van der Waals surface area contributed by atoms with Crippen LogP contribution in [-0.2, 0) is 10.2 Å². The van der Waals surface area contributed by atoms with Crippen molar-refractivity contribution >= 4 is 11.6 Å². The molecule has 29 heavy (non-hydrogen) atoms. The lowest BCUT2D eigenvalue weighted by atomic mass is 9.68. The van der Waals surface area contributed by atoms with Gasteiger partial charge in [0.15, 0.2) is 0 Å². The number of benzene rings is 2. The molecule has 0 spiro atoms. The van der Waals surface area contributed by atoms with E-state index in [0.717, 1.165) is 44.1 Å². The lowest BCUT2D eigenvalue weighted by Crippen LogP contribution is -2.42. The first-order valence-electron chi connectivity index (χ1n) is 10.6. The Morgan fingerprint density at radius 2 is 1.86 bits per heavy atom. The maximum atomic E-state index is 13.5. The number of hydrogen-bond acceptors (Lipinski definition) is 3. The highest BCUT2D eigenvalue weighted by Crippen LogP contribution is 2.41. The van der Waals surface area contributed by atoms with Crippen molar-refractivity contribution in [3.8, 4) is 11.8 Å². The van der Waals surface area contributed by atoms with Gasteiger partial charge in [0.25, 0.3) is 0 Å². The summed E-state index contributed by atoms with van der Waals surface area (Å²) in [5, 5.41) is 12.7. The second kappa shape index (κ2) is 9.13. The first-order chi connectivity index (χ1) is 14.0. The molecule has 1 saturated carbocycles. The highest BCUT2D eigenvalue weighted by molar-refractivity contribution is 6.00. The molecule has 152 valence electrons. The van der Waals surface area contributed by atoms with Gasteiger partial charge < -0.3 is 10.1 Å². The number of nitrogens with one attached hydrogen (secondary N) is 1. The second-order valence-corrected chi connectivity index (χ2v) is 8.12. The normalized spacial score (nSPS) is 16.5. The molecule has 4 heteroatoms. The molecule has 1 aliphatic carbocycles. The first-order valence-corrected chi connectivity index (χ1v) is 10.6. The van der Waals surface area contributed by atoms with Crippen molar-refractivity contribution in [1.29, 1.82) is 5.26 Å². The van der Waals surface area contributed by atoms with E-state index in [0.29, 0.717) is 17.0 Å². The number of ether oxygens (including phenoxy) is 1. The second-order valence-electron chi connectivity index (χ2n) is 8.12. The molecule has 0 unspecified atom stereocenters. The number of aryl methyl sites for hydroxylation is 1. The zero-order valence-corrected chi connectivity index (χ0v) is 17.6. The minimum absolute atomic E-state index is 0.0202. The average Bonchev–Trinajstić information content (AvgIpc) is 2.75. The van der Waals surface area contributed by atoms with Crippen molar-refractivity contribution in [2.45, 2.75) is 70.8 Å². The summed E-state index contributed by atoms with van der Waals surface area (Å²) in [5.74, 6) is 0.632. The number of carbonyl (C=O) groups is 1. The predicted molar refractivity (Wildman–Crippen MR) is 116 cm³/mol. The van der Waals surface area contributed by atoms with Gasteiger partial charge in [-0.3, -0.25) is 4.79 Å². The minimum Gasteiger partial charge on any atom is -0.491 e. The van der Waals surface area contributed by atoms with Crippen LogP contribution in [0.15, 0.2) is 42.5 Å². The van der Waals surface area contributed by atoms with Gasteiger partial charge in [-0.2, -0.15) is 5.26 Å². The van der Waals surface area contributed by atoms with Crippen LogP contribution in [-0.4, -0.2) is 12.0 Å². The molecular formula is C25H30N2O2. The largest absolute Gasteiger partial charge is 0.491 e. The summed E-state index contributed by atoms with van der Waals surface area (Å²) in [7, 11) is 0. The Morgan fingerprint density at radius 1 is 1.17 bits per heavy atom.